The highest BCUT2D eigenvalue weighted by molar-refractivity contribution is 5.74. The maximum absolute atomic E-state index is 12.9. The van der Waals surface area contributed by atoms with E-state index in [0.717, 1.165) is 43.1 Å². The molecule has 8 nitrogen and oxygen atoms in total. The number of likely N-dealkylation sites (N-methyl/N-ethyl adjacent to an activating group) is 1. The van der Waals surface area contributed by atoms with E-state index < -0.39 is 0 Å². The number of anilines is 1. The maximum Gasteiger partial charge on any atom is 0.332 e. The molecule has 1 aromatic carbocycles. The minimum atomic E-state index is -0.352. The molecule has 0 amide bonds. The zero-order chi connectivity index (χ0) is 19.8. The topological polar surface area (TPSA) is 68.3 Å². The summed E-state index contributed by atoms with van der Waals surface area (Å²) < 4.78 is 4.63. The van der Waals surface area contributed by atoms with Crippen LogP contribution in [-0.2, 0) is 27.1 Å². The number of piperazine rings is 1. The van der Waals surface area contributed by atoms with Gasteiger partial charge in [0.05, 0.1) is 0 Å². The molecular formula is C20H26N6O2. The number of hydrogen-bond donors (Lipinski definition) is 0. The van der Waals surface area contributed by atoms with Gasteiger partial charge >= 0.3 is 5.69 Å². The van der Waals surface area contributed by atoms with Crippen molar-refractivity contribution in [2.24, 2.45) is 14.1 Å². The SMILES string of the molecule is CN1CCN(c2nc3c(c(=O)n(C)c(=O)n3C)n2CCc2ccccc2)CC1. The summed E-state index contributed by atoms with van der Waals surface area (Å²) in [6.07, 6.45) is 0.791. The van der Waals surface area contributed by atoms with Gasteiger partial charge in [0, 0.05) is 46.8 Å². The zero-order valence-electron chi connectivity index (χ0n) is 16.6. The van der Waals surface area contributed by atoms with E-state index in [4.69, 9.17) is 4.98 Å². The standard InChI is InChI=1S/C20H26N6O2/c1-22-11-13-25(14-12-22)19-21-17-16(18(27)24(3)20(28)23(17)2)26(19)10-9-15-7-5-4-6-8-15/h4-8H,9-14H2,1-3H3. The monoisotopic (exact) mass is 382 g/mol. The van der Waals surface area contributed by atoms with Crippen LogP contribution in [0.15, 0.2) is 39.9 Å². The van der Waals surface area contributed by atoms with Crippen LogP contribution in [-0.4, -0.2) is 56.8 Å². The summed E-state index contributed by atoms with van der Waals surface area (Å²) in [4.78, 5) is 34.6. The maximum atomic E-state index is 12.9. The Hall–Kier alpha value is -2.87. The molecule has 2 aromatic heterocycles. The van der Waals surface area contributed by atoms with Gasteiger partial charge in [-0.15, -0.1) is 0 Å². The molecule has 0 spiro atoms. The molecule has 0 radical (unpaired) electrons. The van der Waals surface area contributed by atoms with Crippen molar-refractivity contribution < 1.29 is 0 Å². The van der Waals surface area contributed by atoms with Crippen LogP contribution in [0.25, 0.3) is 11.2 Å². The van der Waals surface area contributed by atoms with Crippen molar-refractivity contribution >= 4 is 17.1 Å². The van der Waals surface area contributed by atoms with Crippen molar-refractivity contribution in [2.45, 2.75) is 13.0 Å². The van der Waals surface area contributed by atoms with E-state index in [2.05, 4.69) is 29.0 Å². The van der Waals surface area contributed by atoms with Gasteiger partial charge in [0.25, 0.3) is 5.56 Å². The highest BCUT2D eigenvalue weighted by Gasteiger charge is 2.24. The van der Waals surface area contributed by atoms with Crippen LogP contribution in [0.3, 0.4) is 0 Å². The molecule has 4 rings (SSSR count). The summed E-state index contributed by atoms with van der Waals surface area (Å²) in [7, 11) is 5.30. The molecule has 1 saturated heterocycles. The number of aryl methyl sites for hydroxylation is 3. The summed E-state index contributed by atoms with van der Waals surface area (Å²) in [6, 6.07) is 10.2. The van der Waals surface area contributed by atoms with Crippen LogP contribution < -0.4 is 16.1 Å². The van der Waals surface area contributed by atoms with Crippen molar-refractivity contribution in [3.8, 4) is 0 Å². The Morgan fingerprint density at radius 2 is 1.61 bits per heavy atom. The molecule has 1 aliphatic rings. The second-order valence-corrected chi connectivity index (χ2v) is 7.47. The molecule has 0 N–H and O–H groups in total. The van der Waals surface area contributed by atoms with Crippen molar-refractivity contribution in [1.82, 2.24) is 23.6 Å². The number of nitrogens with zero attached hydrogens (tertiary/aromatic N) is 6. The second-order valence-electron chi connectivity index (χ2n) is 7.47. The number of benzene rings is 1. The normalized spacial score (nSPS) is 15.5. The molecule has 0 saturated carbocycles. The molecular weight excluding hydrogens is 356 g/mol. The Morgan fingerprint density at radius 3 is 2.29 bits per heavy atom. The first-order chi connectivity index (χ1) is 13.5. The van der Waals surface area contributed by atoms with E-state index in [1.165, 1.54) is 17.2 Å². The smallest absolute Gasteiger partial charge is 0.332 e. The van der Waals surface area contributed by atoms with Gasteiger partial charge in [-0.2, -0.15) is 4.98 Å². The van der Waals surface area contributed by atoms with Crippen molar-refractivity contribution in [3.05, 3.63) is 56.7 Å². The van der Waals surface area contributed by atoms with Gasteiger partial charge in [0.15, 0.2) is 11.2 Å². The van der Waals surface area contributed by atoms with Gasteiger partial charge in [-0.25, -0.2) is 4.79 Å². The Labute approximate surface area is 163 Å². The molecule has 3 aromatic rings. The molecule has 28 heavy (non-hydrogen) atoms. The summed E-state index contributed by atoms with van der Waals surface area (Å²) >= 11 is 0. The number of hydrogen-bond acceptors (Lipinski definition) is 5. The summed E-state index contributed by atoms with van der Waals surface area (Å²) in [6.45, 7) is 4.21. The average molecular weight is 382 g/mol. The Bertz CT molecular complexity index is 1100. The number of imidazole rings is 1. The van der Waals surface area contributed by atoms with Crippen LogP contribution in [0, 0.1) is 0 Å². The van der Waals surface area contributed by atoms with Gasteiger partial charge in [0.1, 0.15) is 0 Å². The first-order valence-corrected chi connectivity index (χ1v) is 9.61. The Balaban J connectivity index is 1.84. The largest absolute Gasteiger partial charge is 0.340 e. The Morgan fingerprint density at radius 1 is 0.929 bits per heavy atom. The van der Waals surface area contributed by atoms with E-state index in [-0.39, 0.29) is 11.2 Å². The lowest BCUT2D eigenvalue weighted by molar-refractivity contribution is 0.310. The van der Waals surface area contributed by atoms with E-state index in [1.54, 1.807) is 7.05 Å². The first-order valence-electron chi connectivity index (χ1n) is 9.61. The molecule has 3 heterocycles. The third-order valence-corrected chi connectivity index (χ3v) is 5.58. The van der Waals surface area contributed by atoms with Gasteiger partial charge in [-0.05, 0) is 19.0 Å². The van der Waals surface area contributed by atoms with Gasteiger partial charge in [0.2, 0.25) is 5.95 Å². The molecule has 0 atom stereocenters. The third kappa shape index (κ3) is 3.13. The van der Waals surface area contributed by atoms with Gasteiger partial charge in [-0.1, -0.05) is 30.3 Å². The second kappa shape index (κ2) is 7.27. The van der Waals surface area contributed by atoms with Gasteiger partial charge in [-0.3, -0.25) is 13.9 Å². The summed E-state index contributed by atoms with van der Waals surface area (Å²) in [5.74, 6) is 0.775. The minimum absolute atomic E-state index is 0.293. The predicted molar refractivity (Wildman–Crippen MR) is 110 cm³/mol. The van der Waals surface area contributed by atoms with Gasteiger partial charge < -0.3 is 14.4 Å². The molecule has 1 aliphatic heterocycles. The van der Waals surface area contributed by atoms with E-state index in [0.29, 0.717) is 17.7 Å². The average Bonchev–Trinajstić information content (AvgIpc) is 3.10. The molecule has 0 unspecified atom stereocenters. The highest BCUT2D eigenvalue weighted by Crippen LogP contribution is 2.21. The van der Waals surface area contributed by atoms with E-state index in [1.807, 2.05) is 22.8 Å². The molecule has 0 bridgehead atoms. The number of aromatic nitrogens is 4. The zero-order valence-corrected chi connectivity index (χ0v) is 16.6. The quantitative estimate of drug-likeness (QED) is 0.655. The van der Waals surface area contributed by atoms with Crippen LogP contribution in [0.5, 0.6) is 0 Å². The third-order valence-electron chi connectivity index (χ3n) is 5.58. The van der Waals surface area contributed by atoms with Crippen LogP contribution in [0.1, 0.15) is 5.56 Å². The van der Waals surface area contributed by atoms with E-state index >= 15 is 0 Å². The molecule has 1 fully saturated rings. The van der Waals surface area contributed by atoms with E-state index in [9.17, 15) is 9.59 Å². The molecule has 0 aliphatic carbocycles. The molecule has 8 heteroatoms. The lowest BCUT2D eigenvalue weighted by atomic mass is 10.1. The predicted octanol–water partition coefficient (Wildman–Crippen LogP) is 0.428. The van der Waals surface area contributed by atoms with Crippen LogP contribution in [0.4, 0.5) is 5.95 Å². The number of fused-ring (bicyclic) bond motifs is 1. The fourth-order valence-electron chi connectivity index (χ4n) is 3.78. The fourth-order valence-corrected chi connectivity index (χ4v) is 3.78. The lowest BCUT2D eigenvalue weighted by Gasteiger charge is -2.33. The Kier molecular flexibility index (Phi) is 4.80. The fraction of sp³-hybridized carbons (Fsp3) is 0.450. The minimum Gasteiger partial charge on any atom is -0.340 e. The van der Waals surface area contributed by atoms with Crippen LogP contribution >= 0.6 is 0 Å². The molecule has 148 valence electrons. The first kappa shape index (κ1) is 18.5. The van der Waals surface area contributed by atoms with Crippen LogP contribution in [0.2, 0.25) is 0 Å². The lowest BCUT2D eigenvalue weighted by Crippen LogP contribution is -2.45. The van der Waals surface area contributed by atoms with Crippen molar-refractivity contribution in [2.75, 3.05) is 38.1 Å². The number of rotatable bonds is 4. The van der Waals surface area contributed by atoms with Crippen molar-refractivity contribution in [1.29, 1.82) is 0 Å². The highest BCUT2D eigenvalue weighted by atomic mass is 16.2. The summed E-state index contributed by atoms with van der Waals surface area (Å²) in [5.41, 5.74) is 1.51. The van der Waals surface area contributed by atoms with Crippen molar-refractivity contribution in [3.63, 3.8) is 0 Å². The summed E-state index contributed by atoms with van der Waals surface area (Å²) in [5, 5.41) is 0.